The van der Waals surface area contributed by atoms with Gasteiger partial charge in [0.25, 0.3) is 0 Å². The summed E-state index contributed by atoms with van der Waals surface area (Å²) in [7, 11) is 0. The quantitative estimate of drug-likeness (QED) is 0.517. The second-order valence-electron chi connectivity index (χ2n) is 0.942. The summed E-state index contributed by atoms with van der Waals surface area (Å²) < 4.78 is 23.5. The van der Waals surface area contributed by atoms with E-state index in [0.717, 1.165) is 11.5 Å². The van der Waals surface area contributed by atoms with Gasteiger partial charge >= 0.3 is 0 Å². The second-order valence-corrected chi connectivity index (χ2v) is 2.84. The van der Waals surface area contributed by atoms with Crippen molar-refractivity contribution in [2.24, 2.45) is 0 Å². The first-order valence-electron chi connectivity index (χ1n) is 1.66. The highest BCUT2D eigenvalue weighted by molar-refractivity contribution is 7.81. The summed E-state index contributed by atoms with van der Waals surface area (Å²) in [6.45, 7) is 0. The van der Waals surface area contributed by atoms with Crippen LogP contribution in [0.2, 0.25) is 0 Å². The molecule has 1 aromatic heterocycles. The van der Waals surface area contributed by atoms with Crippen LogP contribution < -0.4 is 0 Å². The molecule has 4 nitrogen and oxygen atoms in total. The normalized spacial score (nSPS) is 13.6. The van der Waals surface area contributed by atoms with E-state index < -0.39 is 11.1 Å². The first kappa shape index (κ1) is 5.80. The van der Waals surface area contributed by atoms with Crippen molar-refractivity contribution in [2.45, 2.75) is 4.34 Å². The Hall–Kier alpha value is -0.330. The van der Waals surface area contributed by atoms with Gasteiger partial charge in [0.2, 0.25) is 0 Å². The third-order valence-corrected chi connectivity index (χ3v) is 1.97. The van der Waals surface area contributed by atoms with E-state index >= 15 is 0 Å². The first-order valence-corrected chi connectivity index (χ1v) is 3.51. The number of hydrogen-bond donors (Lipinski definition) is 0. The molecular formula is C2HN2O2S2-. The zero-order valence-corrected chi connectivity index (χ0v) is 5.24. The van der Waals surface area contributed by atoms with Gasteiger partial charge in [0.15, 0.2) is 4.34 Å². The van der Waals surface area contributed by atoms with Gasteiger partial charge < -0.3 is 4.55 Å². The predicted molar refractivity (Wildman–Crippen MR) is 27.1 cm³/mol. The Balaban J connectivity index is 2.93. The smallest absolute Gasteiger partial charge is 0.186 e. The van der Waals surface area contributed by atoms with Gasteiger partial charge in [0.05, 0.1) is 0 Å². The average molecular weight is 149 g/mol. The van der Waals surface area contributed by atoms with E-state index in [-0.39, 0.29) is 4.34 Å². The number of rotatable bonds is 1. The predicted octanol–water partition coefficient (Wildman–Crippen LogP) is -0.224. The summed E-state index contributed by atoms with van der Waals surface area (Å²) in [5.41, 5.74) is 0. The van der Waals surface area contributed by atoms with Crippen LogP contribution in [0.15, 0.2) is 10.7 Å². The van der Waals surface area contributed by atoms with E-state index in [1.807, 2.05) is 0 Å². The molecule has 0 aliphatic carbocycles. The summed E-state index contributed by atoms with van der Waals surface area (Å²) in [6, 6.07) is 0. The highest BCUT2D eigenvalue weighted by Gasteiger charge is 1.91. The Morgan fingerprint density at radius 1 is 1.88 bits per heavy atom. The largest absolute Gasteiger partial charge is 0.767 e. The van der Waals surface area contributed by atoms with Crippen LogP contribution in [-0.4, -0.2) is 18.1 Å². The molecule has 6 heteroatoms. The van der Waals surface area contributed by atoms with E-state index in [1.54, 1.807) is 0 Å². The molecule has 44 valence electrons. The Labute approximate surface area is 52.0 Å². The second kappa shape index (κ2) is 2.29. The molecule has 0 bridgehead atoms. The molecule has 0 aromatic carbocycles. The van der Waals surface area contributed by atoms with Crippen molar-refractivity contribution < 1.29 is 8.76 Å². The van der Waals surface area contributed by atoms with E-state index in [4.69, 9.17) is 0 Å². The molecule has 0 amide bonds. The third-order valence-electron chi connectivity index (χ3n) is 0.484. The maximum absolute atomic E-state index is 9.97. The van der Waals surface area contributed by atoms with E-state index in [1.165, 1.54) is 6.33 Å². The van der Waals surface area contributed by atoms with E-state index in [2.05, 4.69) is 9.36 Å². The molecule has 0 aliphatic heterocycles. The van der Waals surface area contributed by atoms with Crippen molar-refractivity contribution in [3.8, 4) is 0 Å². The Morgan fingerprint density at radius 2 is 2.62 bits per heavy atom. The van der Waals surface area contributed by atoms with E-state index in [0.29, 0.717) is 0 Å². The Morgan fingerprint density at radius 3 is 2.88 bits per heavy atom. The molecule has 0 fully saturated rings. The van der Waals surface area contributed by atoms with Gasteiger partial charge in [0.1, 0.15) is 6.33 Å². The van der Waals surface area contributed by atoms with Gasteiger partial charge in [-0.1, -0.05) is 0 Å². The summed E-state index contributed by atoms with van der Waals surface area (Å²) in [5, 5.41) is 0. The molecule has 1 unspecified atom stereocenters. The molecule has 0 saturated carbocycles. The summed E-state index contributed by atoms with van der Waals surface area (Å²) >= 11 is -1.35. The lowest BCUT2D eigenvalue weighted by Gasteiger charge is -1.93. The lowest BCUT2D eigenvalue weighted by molar-refractivity contribution is 0.536. The molecule has 1 rings (SSSR count). The Kier molecular flexibility index (Phi) is 1.66. The topological polar surface area (TPSA) is 65.9 Å². The van der Waals surface area contributed by atoms with Crippen LogP contribution in [0.5, 0.6) is 0 Å². The summed E-state index contributed by atoms with van der Waals surface area (Å²) in [5.74, 6) is 0. The highest BCUT2D eigenvalue weighted by atomic mass is 32.2. The van der Waals surface area contributed by atoms with E-state index in [9.17, 15) is 8.76 Å². The molecule has 0 spiro atoms. The number of nitrogens with zero attached hydrogens (tertiary/aromatic N) is 2. The lowest BCUT2D eigenvalue weighted by atomic mass is 11.3. The SMILES string of the molecule is O=S([O-])c1ncns1. The summed E-state index contributed by atoms with van der Waals surface area (Å²) in [6.07, 6.45) is 1.20. The van der Waals surface area contributed by atoms with Crippen LogP contribution in [0, 0.1) is 0 Å². The lowest BCUT2D eigenvalue weighted by Crippen LogP contribution is -1.84. The highest BCUT2D eigenvalue weighted by Crippen LogP contribution is 2.01. The zero-order valence-electron chi connectivity index (χ0n) is 3.60. The van der Waals surface area contributed by atoms with Gasteiger partial charge in [-0.05, 0) is 11.5 Å². The van der Waals surface area contributed by atoms with Gasteiger partial charge in [-0.3, -0.25) is 4.21 Å². The van der Waals surface area contributed by atoms with Gasteiger partial charge in [-0.2, -0.15) is 4.37 Å². The molecular weight excluding hydrogens is 148 g/mol. The van der Waals surface area contributed by atoms with Crippen LogP contribution in [0.3, 0.4) is 0 Å². The third kappa shape index (κ3) is 1.09. The molecule has 0 aliphatic rings. The maximum Gasteiger partial charge on any atom is 0.186 e. The molecule has 0 saturated heterocycles. The zero-order chi connectivity index (χ0) is 5.98. The van der Waals surface area contributed by atoms with Crippen LogP contribution in [0.25, 0.3) is 0 Å². The van der Waals surface area contributed by atoms with Crippen molar-refractivity contribution in [2.75, 3.05) is 0 Å². The Bertz CT molecular complexity index is 184. The number of aromatic nitrogens is 2. The monoisotopic (exact) mass is 149 g/mol. The van der Waals surface area contributed by atoms with Crippen molar-refractivity contribution in [1.82, 2.24) is 9.36 Å². The molecule has 1 atom stereocenters. The molecule has 1 heterocycles. The van der Waals surface area contributed by atoms with Crippen molar-refractivity contribution in [1.29, 1.82) is 0 Å². The summed E-state index contributed by atoms with van der Waals surface area (Å²) in [4.78, 5) is 3.41. The molecule has 0 N–H and O–H groups in total. The van der Waals surface area contributed by atoms with Crippen molar-refractivity contribution in [3.05, 3.63) is 6.33 Å². The molecule has 0 radical (unpaired) electrons. The van der Waals surface area contributed by atoms with Crippen molar-refractivity contribution in [3.63, 3.8) is 0 Å². The standard InChI is InChI=1S/C2H2N2O2S2/c5-8(6)2-3-1-4-7-2/h1H,(H,5,6)/p-1. The minimum Gasteiger partial charge on any atom is -0.767 e. The average Bonchev–Trinajstić information content (AvgIpc) is 2.12. The van der Waals surface area contributed by atoms with Gasteiger partial charge in [0, 0.05) is 11.1 Å². The number of hydrogen-bond acceptors (Lipinski definition) is 5. The fourth-order valence-corrected chi connectivity index (χ4v) is 1.02. The fourth-order valence-electron chi connectivity index (χ4n) is 0.236. The first-order chi connectivity index (χ1) is 3.80. The minimum absolute atomic E-state index is 0.0324. The van der Waals surface area contributed by atoms with Crippen LogP contribution in [0.1, 0.15) is 0 Å². The maximum atomic E-state index is 9.97. The van der Waals surface area contributed by atoms with Gasteiger partial charge in [-0.15, -0.1) is 0 Å². The van der Waals surface area contributed by atoms with Crippen LogP contribution >= 0.6 is 11.5 Å². The van der Waals surface area contributed by atoms with Crippen LogP contribution in [-0.2, 0) is 11.1 Å². The molecule has 8 heavy (non-hydrogen) atoms. The van der Waals surface area contributed by atoms with Gasteiger partial charge in [-0.25, -0.2) is 4.98 Å². The minimum atomic E-state index is -2.20. The van der Waals surface area contributed by atoms with Crippen molar-refractivity contribution >= 4 is 22.6 Å². The fraction of sp³-hybridized carbons (Fsp3) is 0. The van der Waals surface area contributed by atoms with Crippen LogP contribution in [0.4, 0.5) is 0 Å². The molecule has 1 aromatic rings.